The van der Waals surface area contributed by atoms with Gasteiger partial charge in [0.2, 0.25) is 0 Å². The molecule has 19 heavy (non-hydrogen) atoms. The number of benzene rings is 1. The van der Waals surface area contributed by atoms with E-state index in [2.05, 4.69) is 27.3 Å². The van der Waals surface area contributed by atoms with Crippen molar-refractivity contribution in [1.29, 1.82) is 0 Å². The molecule has 2 aromatic rings. The lowest BCUT2D eigenvalue weighted by atomic mass is 10.1. The van der Waals surface area contributed by atoms with Crippen molar-refractivity contribution in [3.05, 3.63) is 70.0 Å². The standard InChI is InChI=1S/C14H15N5/c1-12(17-18-15)9-14-10-16-19(11-14)8-7-13-5-3-2-4-6-13/h2-6,9-11H,7-8H2,1H3/b12-9-. The number of rotatable bonds is 5. The van der Waals surface area contributed by atoms with Crippen LogP contribution in [0.25, 0.3) is 16.5 Å². The topological polar surface area (TPSA) is 66.6 Å². The Labute approximate surface area is 111 Å². The zero-order valence-corrected chi connectivity index (χ0v) is 10.8. The van der Waals surface area contributed by atoms with Crippen molar-refractivity contribution in [1.82, 2.24) is 9.78 Å². The zero-order chi connectivity index (χ0) is 13.5. The second-order valence-electron chi connectivity index (χ2n) is 4.25. The van der Waals surface area contributed by atoms with Crippen LogP contribution in [0, 0.1) is 0 Å². The van der Waals surface area contributed by atoms with Crippen molar-refractivity contribution in [2.45, 2.75) is 19.9 Å². The molecule has 0 N–H and O–H groups in total. The first-order chi connectivity index (χ1) is 9.28. The number of nitrogens with zero attached hydrogens (tertiary/aromatic N) is 5. The molecule has 0 atom stereocenters. The lowest BCUT2D eigenvalue weighted by Gasteiger charge is -2.01. The van der Waals surface area contributed by atoms with Crippen LogP contribution in [-0.2, 0) is 13.0 Å². The predicted molar refractivity (Wildman–Crippen MR) is 75.2 cm³/mol. The fourth-order valence-electron chi connectivity index (χ4n) is 1.81. The smallest absolute Gasteiger partial charge is 0.0562 e. The molecule has 0 saturated carbocycles. The molecule has 1 aromatic carbocycles. The summed E-state index contributed by atoms with van der Waals surface area (Å²) >= 11 is 0. The lowest BCUT2D eigenvalue weighted by molar-refractivity contribution is 0.615. The van der Waals surface area contributed by atoms with Gasteiger partial charge in [0.1, 0.15) is 0 Å². The van der Waals surface area contributed by atoms with Gasteiger partial charge < -0.3 is 0 Å². The molecule has 0 saturated heterocycles. The Morgan fingerprint density at radius 1 is 1.42 bits per heavy atom. The van der Waals surface area contributed by atoms with Crippen molar-refractivity contribution in [2.24, 2.45) is 5.11 Å². The Bertz CT molecular complexity index is 606. The molecular weight excluding hydrogens is 238 g/mol. The molecule has 5 heteroatoms. The van der Waals surface area contributed by atoms with Gasteiger partial charge >= 0.3 is 0 Å². The first-order valence-electron chi connectivity index (χ1n) is 6.08. The zero-order valence-electron chi connectivity index (χ0n) is 10.8. The van der Waals surface area contributed by atoms with E-state index in [0.29, 0.717) is 5.70 Å². The average Bonchev–Trinajstić information content (AvgIpc) is 2.85. The highest BCUT2D eigenvalue weighted by Crippen LogP contribution is 2.08. The van der Waals surface area contributed by atoms with Crippen LogP contribution in [0.1, 0.15) is 18.1 Å². The van der Waals surface area contributed by atoms with Gasteiger partial charge in [0.15, 0.2) is 0 Å². The van der Waals surface area contributed by atoms with Gasteiger partial charge in [-0.15, -0.1) is 0 Å². The second kappa shape index (κ2) is 6.42. The Balaban J connectivity index is 1.98. The molecule has 1 aromatic heterocycles. The van der Waals surface area contributed by atoms with Gasteiger partial charge in [-0.05, 0) is 30.5 Å². The summed E-state index contributed by atoms with van der Waals surface area (Å²) in [6, 6.07) is 10.3. The van der Waals surface area contributed by atoms with Crippen LogP contribution >= 0.6 is 0 Å². The molecule has 2 rings (SSSR count). The van der Waals surface area contributed by atoms with Crippen LogP contribution in [0.4, 0.5) is 0 Å². The largest absolute Gasteiger partial charge is 0.272 e. The van der Waals surface area contributed by atoms with Gasteiger partial charge in [0.25, 0.3) is 0 Å². The number of hydrogen-bond acceptors (Lipinski definition) is 2. The van der Waals surface area contributed by atoms with E-state index in [4.69, 9.17) is 5.53 Å². The third-order valence-electron chi connectivity index (χ3n) is 2.70. The molecular formula is C14H15N5. The summed E-state index contributed by atoms with van der Waals surface area (Å²) in [5, 5.41) is 7.81. The normalized spacial score (nSPS) is 11.1. The van der Waals surface area contributed by atoms with Gasteiger partial charge in [-0.2, -0.15) is 5.10 Å². The predicted octanol–water partition coefficient (Wildman–Crippen LogP) is 3.80. The highest BCUT2D eigenvalue weighted by molar-refractivity contribution is 5.49. The molecule has 0 amide bonds. The van der Waals surface area contributed by atoms with Crippen molar-refractivity contribution in [2.75, 3.05) is 0 Å². The van der Waals surface area contributed by atoms with Gasteiger partial charge in [0, 0.05) is 28.9 Å². The van der Waals surface area contributed by atoms with Crippen LogP contribution in [0.15, 0.2) is 53.5 Å². The van der Waals surface area contributed by atoms with Crippen molar-refractivity contribution in [3.8, 4) is 0 Å². The van der Waals surface area contributed by atoms with E-state index in [1.54, 1.807) is 13.1 Å². The van der Waals surface area contributed by atoms with Gasteiger partial charge in [0.05, 0.1) is 6.20 Å². The van der Waals surface area contributed by atoms with E-state index in [1.165, 1.54) is 5.56 Å². The second-order valence-corrected chi connectivity index (χ2v) is 4.25. The summed E-state index contributed by atoms with van der Waals surface area (Å²) in [5.41, 5.74) is 11.2. The minimum atomic E-state index is 0.630. The molecule has 1 heterocycles. The summed E-state index contributed by atoms with van der Waals surface area (Å²) in [6.07, 6.45) is 6.47. The monoisotopic (exact) mass is 253 g/mol. The fraction of sp³-hybridized carbons (Fsp3) is 0.214. The van der Waals surface area contributed by atoms with E-state index in [1.807, 2.05) is 35.2 Å². The van der Waals surface area contributed by atoms with Crippen molar-refractivity contribution >= 4 is 6.08 Å². The molecule has 0 radical (unpaired) electrons. The molecule has 0 aliphatic heterocycles. The summed E-state index contributed by atoms with van der Waals surface area (Å²) < 4.78 is 1.89. The number of aromatic nitrogens is 2. The van der Waals surface area contributed by atoms with Gasteiger partial charge in [-0.3, -0.25) is 4.68 Å². The number of allylic oxidation sites excluding steroid dienone is 1. The average molecular weight is 253 g/mol. The van der Waals surface area contributed by atoms with Gasteiger partial charge in [-0.25, -0.2) is 0 Å². The molecule has 5 nitrogen and oxygen atoms in total. The Morgan fingerprint density at radius 3 is 2.95 bits per heavy atom. The van der Waals surface area contributed by atoms with Crippen LogP contribution < -0.4 is 0 Å². The SMILES string of the molecule is C/C(=C/c1cnn(CCc2ccccc2)c1)N=[N+]=[N-]. The summed E-state index contributed by atoms with van der Waals surface area (Å²) in [7, 11) is 0. The highest BCUT2D eigenvalue weighted by atomic mass is 15.3. The molecule has 0 unspecified atom stereocenters. The minimum absolute atomic E-state index is 0.630. The summed E-state index contributed by atoms with van der Waals surface area (Å²) in [6.45, 7) is 2.60. The Kier molecular flexibility index (Phi) is 4.37. The lowest BCUT2D eigenvalue weighted by Crippen LogP contribution is -2.01. The van der Waals surface area contributed by atoms with E-state index < -0.39 is 0 Å². The number of aryl methyl sites for hydroxylation is 2. The molecule has 0 aliphatic carbocycles. The maximum Gasteiger partial charge on any atom is 0.0562 e. The van der Waals surface area contributed by atoms with Crippen molar-refractivity contribution in [3.63, 3.8) is 0 Å². The minimum Gasteiger partial charge on any atom is -0.272 e. The van der Waals surface area contributed by atoms with E-state index >= 15 is 0 Å². The highest BCUT2D eigenvalue weighted by Gasteiger charge is 1.97. The third-order valence-corrected chi connectivity index (χ3v) is 2.70. The fourth-order valence-corrected chi connectivity index (χ4v) is 1.81. The van der Waals surface area contributed by atoms with E-state index in [-0.39, 0.29) is 0 Å². The quantitative estimate of drug-likeness (QED) is 0.454. The molecule has 0 bridgehead atoms. The Morgan fingerprint density at radius 2 is 2.21 bits per heavy atom. The maximum atomic E-state index is 8.33. The molecule has 0 spiro atoms. The number of azide groups is 1. The van der Waals surface area contributed by atoms with E-state index in [9.17, 15) is 0 Å². The summed E-state index contributed by atoms with van der Waals surface area (Å²) in [5.74, 6) is 0. The molecule has 96 valence electrons. The maximum absolute atomic E-state index is 8.33. The van der Waals surface area contributed by atoms with Crippen LogP contribution in [0.2, 0.25) is 0 Å². The van der Waals surface area contributed by atoms with Crippen LogP contribution in [0.5, 0.6) is 0 Å². The van der Waals surface area contributed by atoms with E-state index in [0.717, 1.165) is 18.5 Å². The first-order valence-corrected chi connectivity index (χ1v) is 6.08. The van der Waals surface area contributed by atoms with Gasteiger partial charge in [-0.1, -0.05) is 35.4 Å². The van der Waals surface area contributed by atoms with Crippen molar-refractivity contribution < 1.29 is 0 Å². The molecule has 0 fully saturated rings. The Hall–Kier alpha value is -2.52. The number of hydrogen-bond donors (Lipinski definition) is 0. The molecule has 0 aliphatic rings. The summed E-state index contributed by atoms with van der Waals surface area (Å²) in [4.78, 5) is 2.74. The van der Waals surface area contributed by atoms with Crippen LogP contribution in [-0.4, -0.2) is 9.78 Å². The van der Waals surface area contributed by atoms with Crippen LogP contribution in [0.3, 0.4) is 0 Å². The third kappa shape index (κ3) is 4.01. The first kappa shape index (κ1) is 12.9.